The van der Waals surface area contributed by atoms with Crippen LogP contribution in [-0.4, -0.2) is 47.4 Å². The number of nitrogens with one attached hydrogen (secondary N) is 1. The lowest BCUT2D eigenvalue weighted by Gasteiger charge is -2.21. The van der Waals surface area contributed by atoms with Crippen molar-refractivity contribution in [1.82, 2.24) is 20.0 Å². The molecule has 3 rings (SSSR count). The van der Waals surface area contributed by atoms with E-state index in [0.29, 0.717) is 18.0 Å². The molecule has 1 aliphatic heterocycles. The Hall–Kier alpha value is -1.68. The summed E-state index contributed by atoms with van der Waals surface area (Å²) >= 11 is 0. The van der Waals surface area contributed by atoms with E-state index in [0.717, 1.165) is 44.0 Å². The number of halogens is 2. The van der Waals surface area contributed by atoms with Gasteiger partial charge in [-0.1, -0.05) is 6.07 Å². The van der Waals surface area contributed by atoms with E-state index in [2.05, 4.69) is 28.4 Å². The van der Waals surface area contributed by atoms with Crippen LogP contribution in [0.2, 0.25) is 0 Å². The Balaban J connectivity index is 0.00000300. The maximum absolute atomic E-state index is 13.8. The zero-order chi connectivity index (χ0) is 19.9. The SMILES string of the molecule is CCNC(=NCc1ccc(F)c(COC)c1)N1CCC(Cc2cnn(C)c2)C1.I. The minimum atomic E-state index is -0.237. The molecule has 1 N–H and O–H groups in total. The molecular formula is C21H31FIN5O. The number of ether oxygens (including phenoxy) is 1. The van der Waals surface area contributed by atoms with Crippen molar-refractivity contribution >= 4 is 29.9 Å². The van der Waals surface area contributed by atoms with Crippen LogP contribution < -0.4 is 5.32 Å². The first kappa shape index (κ1) is 23.6. The second-order valence-electron chi connectivity index (χ2n) is 7.36. The second kappa shape index (κ2) is 11.5. The number of guanidine groups is 1. The first-order valence-corrected chi connectivity index (χ1v) is 9.86. The van der Waals surface area contributed by atoms with Gasteiger partial charge in [0.25, 0.3) is 0 Å². The highest BCUT2D eigenvalue weighted by molar-refractivity contribution is 14.0. The van der Waals surface area contributed by atoms with Crippen molar-refractivity contribution in [1.29, 1.82) is 0 Å². The Labute approximate surface area is 189 Å². The Bertz CT molecular complexity index is 810. The van der Waals surface area contributed by atoms with E-state index in [9.17, 15) is 4.39 Å². The first-order chi connectivity index (χ1) is 13.6. The minimum Gasteiger partial charge on any atom is -0.380 e. The van der Waals surface area contributed by atoms with Gasteiger partial charge in [0.15, 0.2) is 5.96 Å². The van der Waals surface area contributed by atoms with Gasteiger partial charge in [-0.3, -0.25) is 4.68 Å². The molecule has 1 aromatic heterocycles. The van der Waals surface area contributed by atoms with Gasteiger partial charge in [0.2, 0.25) is 0 Å². The van der Waals surface area contributed by atoms with Gasteiger partial charge in [0.1, 0.15) is 5.82 Å². The third-order valence-electron chi connectivity index (χ3n) is 5.02. The lowest BCUT2D eigenvalue weighted by Crippen LogP contribution is -2.40. The van der Waals surface area contributed by atoms with Crippen LogP contribution in [0.25, 0.3) is 0 Å². The molecule has 6 nitrogen and oxygen atoms in total. The predicted octanol–water partition coefficient (Wildman–Crippen LogP) is 3.35. The average molecular weight is 515 g/mol. The molecule has 0 spiro atoms. The summed E-state index contributed by atoms with van der Waals surface area (Å²) in [6.45, 7) is 5.66. The van der Waals surface area contributed by atoms with E-state index in [1.54, 1.807) is 13.2 Å². The van der Waals surface area contributed by atoms with Crippen LogP contribution in [0.1, 0.15) is 30.0 Å². The Kier molecular flexibility index (Phi) is 9.35. The fourth-order valence-corrected chi connectivity index (χ4v) is 3.69. The molecule has 2 aromatic rings. The molecule has 160 valence electrons. The van der Waals surface area contributed by atoms with Gasteiger partial charge >= 0.3 is 0 Å². The van der Waals surface area contributed by atoms with Crippen LogP contribution in [0.15, 0.2) is 35.6 Å². The zero-order valence-corrected chi connectivity index (χ0v) is 19.7. The van der Waals surface area contributed by atoms with Crippen molar-refractivity contribution in [2.45, 2.75) is 32.9 Å². The van der Waals surface area contributed by atoms with Crippen molar-refractivity contribution < 1.29 is 9.13 Å². The molecule has 0 radical (unpaired) electrons. The van der Waals surface area contributed by atoms with E-state index in [1.165, 1.54) is 11.6 Å². The van der Waals surface area contributed by atoms with Gasteiger partial charge in [0.05, 0.1) is 19.3 Å². The van der Waals surface area contributed by atoms with Crippen LogP contribution in [-0.2, 0) is 31.4 Å². The number of likely N-dealkylation sites (tertiary alicyclic amines) is 1. The number of hydrogen-bond donors (Lipinski definition) is 1. The summed E-state index contributed by atoms with van der Waals surface area (Å²) in [6, 6.07) is 5.11. The number of rotatable bonds is 7. The quantitative estimate of drug-likeness (QED) is 0.349. The molecule has 0 aliphatic carbocycles. The van der Waals surface area contributed by atoms with Gasteiger partial charge < -0.3 is 15.0 Å². The number of aliphatic imine (C=N–C) groups is 1. The van der Waals surface area contributed by atoms with Gasteiger partial charge in [0, 0.05) is 45.6 Å². The fourth-order valence-electron chi connectivity index (χ4n) is 3.69. The minimum absolute atomic E-state index is 0. The highest BCUT2D eigenvalue weighted by atomic mass is 127. The molecule has 1 atom stereocenters. The topological polar surface area (TPSA) is 54.7 Å². The maximum Gasteiger partial charge on any atom is 0.194 e. The summed E-state index contributed by atoms with van der Waals surface area (Å²) < 4.78 is 20.7. The molecule has 1 aliphatic rings. The molecule has 1 unspecified atom stereocenters. The van der Waals surface area contributed by atoms with Gasteiger partial charge in [-0.15, -0.1) is 24.0 Å². The third-order valence-corrected chi connectivity index (χ3v) is 5.02. The smallest absolute Gasteiger partial charge is 0.194 e. The summed E-state index contributed by atoms with van der Waals surface area (Å²) in [7, 11) is 3.52. The Morgan fingerprint density at radius 1 is 1.38 bits per heavy atom. The highest BCUT2D eigenvalue weighted by Crippen LogP contribution is 2.21. The second-order valence-corrected chi connectivity index (χ2v) is 7.36. The number of hydrogen-bond acceptors (Lipinski definition) is 3. The van der Waals surface area contributed by atoms with E-state index in [-0.39, 0.29) is 36.4 Å². The maximum atomic E-state index is 13.8. The highest BCUT2D eigenvalue weighted by Gasteiger charge is 2.25. The molecule has 29 heavy (non-hydrogen) atoms. The number of benzene rings is 1. The van der Waals surface area contributed by atoms with Crippen LogP contribution in [0.5, 0.6) is 0 Å². The average Bonchev–Trinajstić information content (AvgIpc) is 3.30. The van der Waals surface area contributed by atoms with Gasteiger partial charge in [-0.05, 0) is 48.9 Å². The largest absolute Gasteiger partial charge is 0.380 e. The molecule has 1 saturated heterocycles. The molecule has 1 fully saturated rings. The third kappa shape index (κ3) is 6.67. The van der Waals surface area contributed by atoms with Crippen molar-refractivity contribution in [2.75, 3.05) is 26.7 Å². The van der Waals surface area contributed by atoms with E-state index >= 15 is 0 Å². The van der Waals surface area contributed by atoms with Crippen molar-refractivity contribution in [3.8, 4) is 0 Å². The molecule has 2 heterocycles. The summed E-state index contributed by atoms with van der Waals surface area (Å²) in [5, 5.41) is 7.66. The van der Waals surface area contributed by atoms with Gasteiger partial charge in [-0.2, -0.15) is 5.10 Å². The van der Waals surface area contributed by atoms with Crippen molar-refractivity contribution in [3.63, 3.8) is 0 Å². The van der Waals surface area contributed by atoms with E-state index < -0.39 is 0 Å². The van der Waals surface area contributed by atoms with E-state index in [1.807, 2.05) is 24.0 Å². The van der Waals surface area contributed by atoms with Crippen molar-refractivity contribution in [3.05, 3.63) is 53.1 Å². The molecule has 8 heteroatoms. The molecule has 0 bridgehead atoms. The molecular weight excluding hydrogens is 484 g/mol. The zero-order valence-electron chi connectivity index (χ0n) is 17.4. The first-order valence-electron chi connectivity index (χ1n) is 9.86. The summed E-state index contributed by atoms with van der Waals surface area (Å²) in [5.41, 5.74) is 2.83. The van der Waals surface area contributed by atoms with Crippen LogP contribution in [0, 0.1) is 11.7 Å². The van der Waals surface area contributed by atoms with Crippen LogP contribution in [0.3, 0.4) is 0 Å². The van der Waals surface area contributed by atoms with Gasteiger partial charge in [-0.25, -0.2) is 9.38 Å². The van der Waals surface area contributed by atoms with E-state index in [4.69, 9.17) is 9.73 Å². The lowest BCUT2D eigenvalue weighted by atomic mass is 10.0. The molecule has 0 amide bonds. The summed E-state index contributed by atoms with van der Waals surface area (Å²) in [5.74, 6) is 1.29. The van der Waals surface area contributed by atoms with Crippen LogP contribution >= 0.6 is 24.0 Å². The monoisotopic (exact) mass is 515 g/mol. The lowest BCUT2D eigenvalue weighted by molar-refractivity contribution is 0.181. The predicted molar refractivity (Wildman–Crippen MR) is 124 cm³/mol. The number of methoxy groups -OCH3 is 1. The summed E-state index contributed by atoms with van der Waals surface area (Å²) in [6.07, 6.45) is 6.23. The standard InChI is InChI=1S/C21H30FN5O.HI/c1-4-23-21(24-11-16-5-6-20(22)19(10-16)15-28-3)27-8-7-17(14-27)9-18-12-25-26(2)13-18;/h5-6,10,12-13,17H,4,7-9,11,14-15H2,1-3H3,(H,23,24);1H. The Morgan fingerprint density at radius 2 is 2.21 bits per heavy atom. The Morgan fingerprint density at radius 3 is 2.90 bits per heavy atom. The molecule has 1 aromatic carbocycles. The normalized spacial score (nSPS) is 16.8. The van der Waals surface area contributed by atoms with Crippen LogP contribution in [0.4, 0.5) is 4.39 Å². The molecule has 0 saturated carbocycles. The van der Waals surface area contributed by atoms with Crippen molar-refractivity contribution in [2.24, 2.45) is 18.0 Å². The number of aromatic nitrogens is 2. The summed E-state index contributed by atoms with van der Waals surface area (Å²) in [4.78, 5) is 7.12. The fraction of sp³-hybridized carbons (Fsp3) is 0.524. The number of nitrogens with zero attached hydrogens (tertiary/aromatic N) is 4. The number of aryl methyl sites for hydroxylation is 1.